The molecule has 1 aliphatic heterocycles. The summed E-state index contributed by atoms with van der Waals surface area (Å²) in [6, 6.07) is 13.7. The van der Waals surface area contributed by atoms with Crippen LogP contribution in [-0.2, 0) is 11.2 Å². The molecule has 36 heavy (non-hydrogen) atoms. The van der Waals surface area contributed by atoms with Gasteiger partial charge in [0.2, 0.25) is 11.7 Å². The fraction of sp³-hybridized carbons (Fsp3) is 0.429. The maximum absolute atomic E-state index is 12.6. The Labute approximate surface area is 211 Å². The molecule has 2 atom stereocenters. The molecule has 1 saturated heterocycles. The smallest absolute Gasteiger partial charge is 0.258 e. The Morgan fingerprint density at radius 2 is 2.17 bits per heavy atom. The topological polar surface area (TPSA) is 104 Å². The van der Waals surface area contributed by atoms with E-state index in [-0.39, 0.29) is 18.1 Å². The summed E-state index contributed by atoms with van der Waals surface area (Å²) in [4.78, 5) is 19.2. The molecule has 3 aromatic rings. The number of ether oxygens (including phenoxy) is 1. The molecule has 0 spiro atoms. The van der Waals surface area contributed by atoms with Gasteiger partial charge in [-0.25, -0.2) is 0 Å². The maximum Gasteiger partial charge on any atom is 0.258 e. The van der Waals surface area contributed by atoms with Crippen LogP contribution in [0.3, 0.4) is 0 Å². The van der Waals surface area contributed by atoms with Gasteiger partial charge in [-0.05, 0) is 68.4 Å². The predicted octanol–water partition coefficient (Wildman–Crippen LogP) is 4.51. The molecule has 2 heterocycles. The first-order chi connectivity index (χ1) is 17.4. The molecule has 1 amide bonds. The molecule has 2 aliphatic rings. The highest BCUT2D eigenvalue weighted by Crippen LogP contribution is 2.37. The molecule has 5 rings (SSSR count). The first kappa shape index (κ1) is 24.0. The summed E-state index contributed by atoms with van der Waals surface area (Å²) >= 11 is 0. The van der Waals surface area contributed by atoms with Gasteiger partial charge in [-0.15, -0.1) is 0 Å². The van der Waals surface area contributed by atoms with Gasteiger partial charge in [0.15, 0.2) is 0 Å². The summed E-state index contributed by atoms with van der Waals surface area (Å²) in [6.07, 6.45) is 2.85. The Morgan fingerprint density at radius 1 is 1.31 bits per heavy atom. The highest BCUT2D eigenvalue weighted by atomic mass is 16.5. The van der Waals surface area contributed by atoms with Gasteiger partial charge in [-0.3, -0.25) is 4.79 Å². The van der Waals surface area contributed by atoms with Crippen molar-refractivity contribution in [1.29, 1.82) is 5.26 Å². The summed E-state index contributed by atoms with van der Waals surface area (Å²) in [7, 11) is 0. The number of amides is 1. The van der Waals surface area contributed by atoms with Crippen LogP contribution in [0.1, 0.15) is 56.3 Å². The molecule has 1 aromatic heterocycles. The molecule has 8 nitrogen and oxygen atoms in total. The summed E-state index contributed by atoms with van der Waals surface area (Å²) < 4.78 is 11.3. The van der Waals surface area contributed by atoms with Crippen molar-refractivity contribution in [1.82, 2.24) is 20.4 Å². The van der Waals surface area contributed by atoms with Gasteiger partial charge in [-0.2, -0.15) is 10.2 Å². The van der Waals surface area contributed by atoms with Crippen molar-refractivity contribution in [2.24, 2.45) is 5.92 Å². The van der Waals surface area contributed by atoms with E-state index in [0.717, 1.165) is 37.9 Å². The second kappa shape index (κ2) is 10.1. The van der Waals surface area contributed by atoms with Gasteiger partial charge in [0.25, 0.3) is 5.89 Å². The number of benzene rings is 2. The number of hydrogen-bond acceptors (Lipinski definition) is 7. The first-order valence-electron chi connectivity index (χ1n) is 12.6. The van der Waals surface area contributed by atoms with Gasteiger partial charge < -0.3 is 19.5 Å². The van der Waals surface area contributed by atoms with Crippen LogP contribution in [0.2, 0.25) is 0 Å². The van der Waals surface area contributed by atoms with Crippen LogP contribution in [0.15, 0.2) is 40.9 Å². The van der Waals surface area contributed by atoms with Crippen LogP contribution < -0.4 is 10.1 Å². The van der Waals surface area contributed by atoms with E-state index in [1.54, 1.807) is 12.1 Å². The van der Waals surface area contributed by atoms with Crippen LogP contribution in [0.25, 0.3) is 22.8 Å². The molecular weight excluding hydrogens is 454 g/mol. The minimum Gasteiger partial charge on any atom is -0.490 e. The minimum atomic E-state index is -0.0292. The van der Waals surface area contributed by atoms with Crippen LogP contribution in [-0.4, -0.2) is 46.7 Å². The molecule has 0 bridgehead atoms. The molecule has 1 aliphatic carbocycles. The molecule has 2 aromatic carbocycles. The Balaban J connectivity index is 1.32. The van der Waals surface area contributed by atoms with Crippen LogP contribution >= 0.6 is 0 Å². The first-order valence-corrected chi connectivity index (χ1v) is 12.6. The summed E-state index contributed by atoms with van der Waals surface area (Å²) in [5, 5.41) is 17.3. The Hall–Kier alpha value is -3.70. The number of fused-ring (bicyclic) bond motifs is 1. The third-order valence-corrected chi connectivity index (χ3v) is 6.92. The highest BCUT2D eigenvalue weighted by molar-refractivity contribution is 5.78. The molecular formula is C28H31N5O3. The van der Waals surface area contributed by atoms with E-state index >= 15 is 0 Å². The number of rotatable bonds is 7. The van der Waals surface area contributed by atoms with E-state index in [1.807, 2.05) is 36.9 Å². The zero-order chi connectivity index (χ0) is 25.2. The zero-order valence-electron chi connectivity index (χ0n) is 21.0. The second-order valence-electron chi connectivity index (χ2n) is 9.99. The molecule has 0 saturated carbocycles. The van der Waals surface area contributed by atoms with Gasteiger partial charge in [0.05, 0.1) is 18.2 Å². The number of aromatic nitrogens is 2. The van der Waals surface area contributed by atoms with Crippen molar-refractivity contribution < 1.29 is 14.1 Å². The summed E-state index contributed by atoms with van der Waals surface area (Å²) in [6.45, 7) is 8.10. The van der Waals surface area contributed by atoms with E-state index in [0.29, 0.717) is 41.1 Å². The average Bonchev–Trinajstić information content (AvgIpc) is 3.62. The number of carbonyl (C=O) groups excluding carboxylic acids is 1. The number of likely N-dealkylation sites (tertiary alicyclic amines) is 1. The van der Waals surface area contributed by atoms with Gasteiger partial charge >= 0.3 is 0 Å². The molecule has 1 fully saturated rings. The van der Waals surface area contributed by atoms with E-state index in [4.69, 9.17) is 9.26 Å². The number of nitrogens with zero attached hydrogens (tertiary/aromatic N) is 4. The van der Waals surface area contributed by atoms with Gasteiger partial charge in [-0.1, -0.05) is 30.3 Å². The lowest BCUT2D eigenvalue weighted by Crippen LogP contribution is -2.37. The van der Waals surface area contributed by atoms with Gasteiger partial charge in [0, 0.05) is 30.3 Å². The SMILES string of the molecule is CC(C)Oc1ccc(-c2nc(-c3cccc4c3CC[C@H]4NCC(=O)N3CC[C@@H](C)C3)no2)cc1C#N. The molecule has 8 heteroatoms. The molecule has 1 N–H and O–H groups in total. The lowest BCUT2D eigenvalue weighted by Gasteiger charge is -2.19. The van der Waals surface area contributed by atoms with Crippen molar-refractivity contribution in [3.8, 4) is 34.7 Å². The highest BCUT2D eigenvalue weighted by Gasteiger charge is 2.28. The van der Waals surface area contributed by atoms with E-state index in [9.17, 15) is 10.1 Å². The zero-order valence-corrected chi connectivity index (χ0v) is 21.0. The predicted molar refractivity (Wildman–Crippen MR) is 135 cm³/mol. The van der Waals surface area contributed by atoms with Crippen LogP contribution in [0.4, 0.5) is 0 Å². The van der Waals surface area contributed by atoms with Crippen molar-refractivity contribution in [2.75, 3.05) is 19.6 Å². The summed E-state index contributed by atoms with van der Waals surface area (Å²) in [5.74, 6) is 2.17. The third kappa shape index (κ3) is 4.84. The van der Waals surface area contributed by atoms with Crippen LogP contribution in [0.5, 0.6) is 5.75 Å². The quantitative estimate of drug-likeness (QED) is 0.525. The van der Waals surface area contributed by atoms with Crippen molar-refractivity contribution in [3.05, 3.63) is 53.1 Å². The Morgan fingerprint density at radius 3 is 2.92 bits per heavy atom. The normalized spacial score (nSPS) is 18.9. The van der Waals surface area contributed by atoms with Crippen molar-refractivity contribution in [2.45, 2.75) is 52.2 Å². The molecule has 0 unspecified atom stereocenters. The van der Waals surface area contributed by atoms with E-state index < -0.39 is 0 Å². The summed E-state index contributed by atoms with van der Waals surface area (Å²) in [5.41, 5.74) is 4.40. The monoisotopic (exact) mass is 485 g/mol. The molecule has 186 valence electrons. The fourth-order valence-corrected chi connectivity index (χ4v) is 5.12. The second-order valence-corrected chi connectivity index (χ2v) is 9.99. The van der Waals surface area contributed by atoms with Gasteiger partial charge in [0.1, 0.15) is 11.8 Å². The number of carbonyl (C=O) groups is 1. The van der Waals surface area contributed by atoms with Crippen LogP contribution in [0, 0.1) is 17.2 Å². The Kier molecular flexibility index (Phi) is 6.75. The lowest BCUT2D eigenvalue weighted by atomic mass is 10.0. The molecule has 0 radical (unpaired) electrons. The largest absolute Gasteiger partial charge is 0.490 e. The fourth-order valence-electron chi connectivity index (χ4n) is 5.12. The van der Waals surface area contributed by atoms with Crippen molar-refractivity contribution in [3.63, 3.8) is 0 Å². The average molecular weight is 486 g/mol. The Bertz CT molecular complexity index is 1310. The number of hydrogen-bond donors (Lipinski definition) is 1. The number of nitriles is 1. The maximum atomic E-state index is 12.6. The van der Waals surface area contributed by atoms with E-state index in [1.165, 1.54) is 11.1 Å². The standard InChI is InChI=1S/C28H31N5O3/c1-17(2)35-25-10-7-19(13-20(25)14-29)28-31-27(32-36-28)23-6-4-5-22-21(23)8-9-24(22)30-15-26(34)33-12-11-18(3)16-33/h4-7,10,13,17-18,24,30H,8-9,11-12,15-16H2,1-3H3/t18-,24-/m1/s1. The minimum absolute atomic E-state index is 0.0292. The third-order valence-electron chi connectivity index (χ3n) is 6.92. The number of nitrogens with one attached hydrogen (secondary N) is 1. The van der Waals surface area contributed by atoms with E-state index in [2.05, 4.69) is 34.5 Å². The van der Waals surface area contributed by atoms with Crippen molar-refractivity contribution >= 4 is 5.91 Å². The lowest BCUT2D eigenvalue weighted by molar-refractivity contribution is -0.129.